The van der Waals surface area contributed by atoms with Crippen LogP contribution in [0.4, 0.5) is 0 Å². The average molecular weight is 180 g/mol. The minimum absolute atomic E-state index is 0.0631. The van der Waals surface area contributed by atoms with Gasteiger partial charge in [0.15, 0.2) is 0 Å². The second kappa shape index (κ2) is 2.50. The van der Waals surface area contributed by atoms with E-state index in [-0.39, 0.29) is 6.10 Å². The fraction of sp³-hybridized carbons (Fsp3) is 1.00. The summed E-state index contributed by atoms with van der Waals surface area (Å²) in [5.41, 5.74) is 1.01. The summed E-state index contributed by atoms with van der Waals surface area (Å²) in [4.78, 5) is 0. The predicted octanol–water partition coefficient (Wildman–Crippen LogP) is 2.87. The Hall–Kier alpha value is -0.0400. The van der Waals surface area contributed by atoms with Crippen molar-refractivity contribution >= 4 is 0 Å². The van der Waals surface area contributed by atoms with Crippen molar-refractivity contribution < 1.29 is 5.11 Å². The number of fused-ring (bicyclic) bond motifs is 1. The smallest absolute Gasteiger partial charge is 0.0602 e. The first kappa shape index (κ1) is 8.28. The van der Waals surface area contributed by atoms with E-state index in [0.29, 0.717) is 10.8 Å². The lowest BCUT2D eigenvalue weighted by Crippen LogP contribution is -2.52. The molecule has 0 aromatic heterocycles. The lowest BCUT2D eigenvalue weighted by atomic mass is 9.52. The maximum atomic E-state index is 10.0. The van der Waals surface area contributed by atoms with Crippen LogP contribution in [0, 0.1) is 10.8 Å². The maximum Gasteiger partial charge on any atom is 0.0602 e. The molecule has 13 heavy (non-hydrogen) atoms. The minimum atomic E-state index is 0.0631. The third-order valence-corrected chi connectivity index (χ3v) is 5.40. The maximum absolute atomic E-state index is 10.0. The van der Waals surface area contributed by atoms with Gasteiger partial charge in [-0.15, -0.1) is 0 Å². The monoisotopic (exact) mass is 180 g/mol. The van der Waals surface area contributed by atoms with Gasteiger partial charge in [-0.25, -0.2) is 0 Å². The molecule has 3 rings (SSSR count). The summed E-state index contributed by atoms with van der Waals surface area (Å²) < 4.78 is 0. The Balaban J connectivity index is 1.93. The topological polar surface area (TPSA) is 20.2 Å². The Bertz CT molecular complexity index is 206. The molecule has 2 atom stereocenters. The van der Waals surface area contributed by atoms with Crippen LogP contribution in [0.1, 0.15) is 57.8 Å². The Labute approximate surface area is 80.5 Å². The van der Waals surface area contributed by atoms with Crippen molar-refractivity contribution in [1.82, 2.24) is 0 Å². The molecule has 3 aliphatic carbocycles. The van der Waals surface area contributed by atoms with Crippen LogP contribution in [0.25, 0.3) is 0 Å². The van der Waals surface area contributed by atoms with Gasteiger partial charge < -0.3 is 5.11 Å². The molecular weight excluding hydrogens is 160 g/mol. The van der Waals surface area contributed by atoms with Crippen molar-refractivity contribution in [3.8, 4) is 0 Å². The molecular formula is C12H20O. The standard InChI is InChI=1S/C12H20O/c13-10-4-9-12(10)8-3-7-11(12)5-1-2-6-11/h10,13H,1-9H2/t10-,12+/m0/s1. The van der Waals surface area contributed by atoms with Gasteiger partial charge in [-0.3, -0.25) is 0 Å². The van der Waals surface area contributed by atoms with Crippen molar-refractivity contribution in [1.29, 1.82) is 0 Å². The number of rotatable bonds is 0. The van der Waals surface area contributed by atoms with Crippen molar-refractivity contribution in [2.24, 2.45) is 10.8 Å². The van der Waals surface area contributed by atoms with E-state index < -0.39 is 0 Å². The van der Waals surface area contributed by atoms with Gasteiger partial charge in [0, 0.05) is 5.41 Å². The number of hydrogen-bond acceptors (Lipinski definition) is 1. The van der Waals surface area contributed by atoms with E-state index in [0.717, 1.165) is 6.42 Å². The number of hydrogen-bond donors (Lipinski definition) is 1. The lowest BCUT2D eigenvalue weighted by molar-refractivity contribution is -0.132. The predicted molar refractivity (Wildman–Crippen MR) is 52.4 cm³/mol. The van der Waals surface area contributed by atoms with Crippen LogP contribution in [0.3, 0.4) is 0 Å². The molecule has 0 aromatic rings. The second-order valence-electron chi connectivity index (χ2n) is 5.55. The van der Waals surface area contributed by atoms with Crippen molar-refractivity contribution in [2.75, 3.05) is 0 Å². The molecule has 3 aliphatic rings. The fourth-order valence-corrected chi connectivity index (χ4v) is 4.59. The first-order valence-corrected chi connectivity index (χ1v) is 5.97. The van der Waals surface area contributed by atoms with Crippen molar-refractivity contribution in [3.63, 3.8) is 0 Å². The van der Waals surface area contributed by atoms with Gasteiger partial charge in [0.2, 0.25) is 0 Å². The first-order valence-electron chi connectivity index (χ1n) is 5.97. The molecule has 0 aliphatic heterocycles. The van der Waals surface area contributed by atoms with Gasteiger partial charge in [-0.05, 0) is 43.9 Å². The van der Waals surface area contributed by atoms with Crippen molar-refractivity contribution in [2.45, 2.75) is 63.9 Å². The Morgan fingerprint density at radius 2 is 1.54 bits per heavy atom. The molecule has 0 saturated heterocycles. The van der Waals surface area contributed by atoms with Crippen LogP contribution in [-0.4, -0.2) is 11.2 Å². The SMILES string of the molecule is O[C@H]1CC[C@]12CCCC21CCCC1. The van der Waals surface area contributed by atoms with Crippen LogP contribution >= 0.6 is 0 Å². The van der Waals surface area contributed by atoms with E-state index in [2.05, 4.69) is 0 Å². The van der Waals surface area contributed by atoms with Gasteiger partial charge in [-0.1, -0.05) is 19.3 Å². The molecule has 1 N–H and O–H groups in total. The van der Waals surface area contributed by atoms with Crippen LogP contribution in [0.15, 0.2) is 0 Å². The van der Waals surface area contributed by atoms with Crippen LogP contribution < -0.4 is 0 Å². The molecule has 0 aromatic carbocycles. The Morgan fingerprint density at radius 3 is 2.08 bits per heavy atom. The van der Waals surface area contributed by atoms with Gasteiger partial charge in [-0.2, -0.15) is 0 Å². The van der Waals surface area contributed by atoms with E-state index in [4.69, 9.17) is 0 Å². The van der Waals surface area contributed by atoms with Crippen LogP contribution in [0.5, 0.6) is 0 Å². The quantitative estimate of drug-likeness (QED) is 0.607. The Morgan fingerprint density at radius 1 is 0.846 bits per heavy atom. The molecule has 74 valence electrons. The molecule has 1 nitrogen and oxygen atoms in total. The van der Waals surface area contributed by atoms with Gasteiger partial charge in [0.1, 0.15) is 0 Å². The molecule has 0 radical (unpaired) electrons. The summed E-state index contributed by atoms with van der Waals surface area (Å²) in [6, 6.07) is 0. The van der Waals surface area contributed by atoms with Gasteiger partial charge in [0.05, 0.1) is 6.10 Å². The molecule has 3 saturated carbocycles. The second-order valence-corrected chi connectivity index (χ2v) is 5.55. The van der Waals surface area contributed by atoms with E-state index in [9.17, 15) is 5.11 Å². The zero-order valence-corrected chi connectivity index (χ0v) is 8.39. The largest absolute Gasteiger partial charge is 0.393 e. The summed E-state index contributed by atoms with van der Waals surface area (Å²) in [5.74, 6) is 0. The number of aliphatic hydroxyl groups is 1. The molecule has 0 heterocycles. The molecule has 1 heteroatoms. The zero-order valence-electron chi connectivity index (χ0n) is 8.39. The minimum Gasteiger partial charge on any atom is -0.393 e. The Kier molecular flexibility index (Phi) is 1.59. The molecule has 0 unspecified atom stereocenters. The van der Waals surface area contributed by atoms with E-state index >= 15 is 0 Å². The van der Waals surface area contributed by atoms with E-state index in [1.54, 1.807) is 0 Å². The van der Waals surface area contributed by atoms with Gasteiger partial charge >= 0.3 is 0 Å². The molecule has 0 amide bonds. The summed E-state index contributed by atoms with van der Waals surface area (Å²) in [6.07, 6.45) is 12.3. The summed E-state index contributed by atoms with van der Waals surface area (Å²) in [6.45, 7) is 0. The summed E-state index contributed by atoms with van der Waals surface area (Å²) in [7, 11) is 0. The third kappa shape index (κ3) is 0.823. The van der Waals surface area contributed by atoms with Crippen molar-refractivity contribution in [3.05, 3.63) is 0 Å². The van der Waals surface area contributed by atoms with Gasteiger partial charge in [0.25, 0.3) is 0 Å². The van der Waals surface area contributed by atoms with Crippen LogP contribution in [0.2, 0.25) is 0 Å². The lowest BCUT2D eigenvalue weighted by Gasteiger charge is -2.54. The highest BCUT2D eigenvalue weighted by atomic mass is 16.3. The molecule has 0 bridgehead atoms. The number of aliphatic hydroxyl groups excluding tert-OH is 1. The highest BCUT2D eigenvalue weighted by molar-refractivity contribution is 5.12. The molecule has 2 spiro atoms. The normalized spacial score (nSPS) is 47.3. The summed E-state index contributed by atoms with van der Waals surface area (Å²) >= 11 is 0. The average Bonchev–Trinajstić information content (AvgIpc) is 2.74. The highest BCUT2D eigenvalue weighted by Crippen LogP contribution is 2.68. The zero-order chi connectivity index (χ0) is 8.94. The summed E-state index contributed by atoms with van der Waals surface area (Å²) in [5, 5.41) is 10.0. The van der Waals surface area contributed by atoms with Crippen LogP contribution in [-0.2, 0) is 0 Å². The van der Waals surface area contributed by atoms with E-state index in [1.165, 1.54) is 51.4 Å². The molecule has 3 fully saturated rings. The fourth-order valence-electron chi connectivity index (χ4n) is 4.59. The first-order chi connectivity index (χ1) is 6.29. The van der Waals surface area contributed by atoms with E-state index in [1.807, 2.05) is 0 Å². The highest BCUT2D eigenvalue weighted by Gasteiger charge is 2.62. The third-order valence-electron chi connectivity index (χ3n) is 5.40.